The third-order valence-electron chi connectivity index (χ3n) is 3.01. The van der Waals surface area contributed by atoms with Crippen LogP contribution in [0.15, 0.2) is 42.5 Å². The van der Waals surface area contributed by atoms with E-state index in [-0.39, 0.29) is 5.82 Å². The van der Waals surface area contributed by atoms with Crippen LogP contribution in [0.1, 0.15) is 29.7 Å². The Morgan fingerprint density at radius 1 is 1.21 bits per heavy atom. The number of aliphatic hydroxyl groups excluding tert-OH is 1. The van der Waals surface area contributed by atoms with Crippen LogP contribution in [0.3, 0.4) is 0 Å². The van der Waals surface area contributed by atoms with Gasteiger partial charge < -0.3 is 9.84 Å². The van der Waals surface area contributed by atoms with Gasteiger partial charge in [-0.05, 0) is 54.8 Å². The van der Waals surface area contributed by atoms with Crippen LogP contribution in [-0.4, -0.2) is 11.7 Å². The molecule has 0 spiro atoms. The van der Waals surface area contributed by atoms with E-state index in [9.17, 15) is 9.50 Å². The van der Waals surface area contributed by atoms with Crippen LogP contribution in [0.5, 0.6) is 5.75 Å². The molecule has 0 fully saturated rings. The van der Waals surface area contributed by atoms with Crippen molar-refractivity contribution in [2.45, 2.75) is 20.0 Å². The molecule has 0 aliphatic carbocycles. The zero-order chi connectivity index (χ0) is 13.8. The predicted molar refractivity (Wildman–Crippen MR) is 72.8 cm³/mol. The molecule has 19 heavy (non-hydrogen) atoms. The summed E-state index contributed by atoms with van der Waals surface area (Å²) in [6, 6.07) is 11.7. The van der Waals surface area contributed by atoms with Gasteiger partial charge in [0.1, 0.15) is 17.7 Å². The molecular weight excluding hydrogens is 243 g/mol. The molecule has 2 aromatic carbocycles. The number of hydrogen-bond acceptors (Lipinski definition) is 2. The fourth-order valence-electron chi connectivity index (χ4n) is 2.07. The summed E-state index contributed by atoms with van der Waals surface area (Å²) < 4.78 is 18.5. The standard InChI is InChI=1S/C16H17FO2/c1-3-19-14-6-4-5-12(10-14)16(18)15-8-7-13(17)9-11(15)2/h4-10,16,18H,3H2,1-2H3. The first-order valence-corrected chi connectivity index (χ1v) is 6.28. The van der Waals surface area contributed by atoms with Gasteiger partial charge in [0.25, 0.3) is 0 Å². The number of hydrogen-bond donors (Lipinski definition) is 1. The number of rotatable bonds is 4. The first kappa shape index (κ1) is 13.6. The second-order valence-corrected chi connectivity index (χ2v) is 4.41. The molecule has 1 N–H and O–H groups in total. The molecule has 0 saturated carbocycles. The smallest absolute Gasteiger partial charge is 0.123 e. The van der Waals surface area contributed by atoms with Crippen LogP contribution in [0.2, 0.25) is 0 Å². The molecule has 2 rings (SSSR count). The summed E-state index contributed by atoms with van der Waals surface area (Å²) in [4.78, 5) is 0. The van der Waals surface area contributed by atoms with Crippen molar-refractivity contribution in [3.05, 3.63) is 65.0 Å². The van der Waals surface area contributed by atoms with Crippen molar-refractivity contribution in [2.75, 3.05) is 6.61 Å². The van der Waals surface area contributed by atoms with Gasteiger partial charge in [0.15, 0.2) is 0 Å². The Balaban J connectivity index is 2.32. The van der Waals surface area contributed by atoms with Crippen LogP contribution >= 0.6 is 0 Å². The van der Waals surface area contributed by atoms with E-state index in [1.165, 1.54) is 12.1 Å². The average Bonchev–Trinajstić information content (AvgIpc) is 2.39. The van der Waals surface area contributed by atoms with Crippen LogP contribution in [0, 0.1) is 12.7 Å². The summed E-state index contributed by atoms with van der Waals surface area (Å²) in [5.74, 6) is 0.426. The van der Waals surface area contributed by atoms with Crippen molar-refractivity contribution >= 4 is 0 Å². The Hall–Kier alpha value is -1.87. The van der Waals surface area contributed by atoms with Gasteiger partial charge in [-0.1, -0.05) is 18.2 Å². The van der Waals surface area contributed by atoms with Crippen molar-refractivity contribution in [1.82, 2.24) is 0 Å². The highest BCUT2D eigenvalue weighted by atomic mass is 19.1. The maximum absolute atomic E-state index is 13.1. The first-order chi connectivity index (χ1) is 9.11. The Morgan fingerprint density at radius 3 is 2.68 bits per heavy atom. The van der Waals surface area contributed by atoms with Crippen molar-refractivity contribution in [1.29, 1.82) is 0 Å². The Bertz CT molecular complexity index is 566. The molecule has 0 radical (unpaired) electrons. The van der Waals surface area contributed by atoms with Gasteiger partial charge >= 0.3 is 0 Å². The molecule has 100 valence electrons. The van der Waals surface area contributed by atoms with Crippen molar-refractivity contribution in [2.24, 2.45) is 0 Å². The minimum Gasteiger partial charge on any atom is -0.494 e. The lowest BCUT2D eigenvalue weighted by Crippen LogP contribution is -2.03. The molecule has 2 nitrogen and oxygen atoms in total. The second kappa shape index (κ2) is 5.85. The topological polar surface area (TPSA) is 29.5 Å². The molecule has 0 heterocycles. The molecular formula is C16H17FO2. The minimum atomic E-state index is -0.777. The molecule has 0 bridgehead atoms. The molecule has 2 aromatic rings. The van der Waals surface area contributed by atoms with Crippen molar-refractivity contribution in [3.63, 3.8) is 0 Å². The number of halogens is 1. The van der Waals surface area contributed by atoms with E-state index in [1.807, 2.05) is 25.1 Å². The van der Waals surface area contributed by atoms with Gasteiger partial charge in [-0.25, -0.2) is 4.39 Å². The van der Waals surface area contributed by atoms with E-state index in [0.717, 1.165) is 16.9 Å². The van der Waals surface area contributed by atoms with Crippen LogP contribution in [-0.2, 0) is 0 Å². The third kappa shape index (κ3) is 3.12. The zero-order valence-electron chi connectivity index (χ0n) is 11.1. The van der Waals surface area contributed by atoms with Gasteiger partial charge in [-0.15, -0.1) is 0 Å². The third-order valence-corrected chi connectivity index (χ3v) is 3.01. The number of aryl methyl sites for hydroxylation is 1. The fraction of sp³-hybridized carbons (Fsp3) is 0.250. The first-order valence-electron chi connectivity index (χ1n) is 6.28. The number of benzene rings is 2. The predicted octanol–water partition coefficient (Wildman–Crippen LogP) is 3.61. The lowest BCUT2D eigenvalue weighted by Gasteiger charge is -2.15. The number of aliphatic hydroxyl groups is 1. The monoisotopic (exact) mass is 260 g/mol. The van der Waals surface area contributed by atoms with Crippen LogP contribution < -0.4 is 4.74 Å². The quantitative estimate of drug-likeness (QED) is 0.909. The van der Waals surface area contributed by atoms with Gasteiger partial charge in [0.05, 0.1) is 6.61 Å². The van der Waals surface area contributed by atoms with E-state index in [4.69, 9.17) is 4.74 Å². The van der Waals surface area contributed by atoms with Crippen molar-refractivity contribution in [3.8, 4) is 5.75 Å². The van der Waals surface area contributed by atoms with Gasteiger partial charge in [0, 0.05) is 0 Å². The summed E-state index contributed by atoms with van der Waals surface area (Å²) >= 11 is 0. The molecule has 0 aliphatic heterocycles. The summed E-state index contributed by atoms with van der Waals surface area (Å²) in [5, 5.41) is 10.4. The number of ether oxygens (including phenoxy) is 1. The minimum absolute atomic E-state index is 0.295. The molecule has 0 saturated heterocycles. The molecule has 0 aliphatic rings. The summed E-state index contributed by atoms with van der Waals surface area (Å²) in [5.41, 5.74) is 2.17. The van der Waals surface area contributed by atoms with E-state index in [2.05, 4.69) is 0 Å². The normalized spacial score (nSPS) is 12.2. The van der Waals surface area contributed by atoms with E-state index < -0.39 is 6.10 Å². The molecule has 3 heteroatoms. The lowest BCUT2D eigenvalue weighted by molar-refractivity contribution is 0.218. The highest BCUT2D eigenvalue weighted by Gasteiger charge is 2.14. The summed E-state index contributed by atoms with van der Waals surface area (Å²) in [7, 11) is 0. The van der Waals surface area contributed by atoms with Gasteiger partial charge in [-0.2, -0.15) is 0 Å². The highest BCUT2D eigenvalue weighted by molar-refractivity contribution is 5.38. The van der Waals surface area contributed by atoms with Crippen LogP contribution in [0.4, 0.5) is 4.39 Å². The molecule has 0 amide bonds. The van der Waals surface area contributed by atoms with Crippen LogP contribution in [0.25, 0.3) is 0 Å². The SMILES string of the molecule is CCOc1cccc(C(O)c2ccc(F)cc2C)c1. The maximum Gasteiger partial charge on any atom is 0.123 e. The van der Waals surface area contributed by atoms with Gasteiger partial charge in [-0.3, -0.25) is 0 Å². The molecule has 0 aromatic heterocycles. The largest absolute Gasteiger partial charge is 0.494 e. The Kier molecular flexibility index (Phi) is 4.17. The summed E-state index contributed by atoms with van der Waals surface area (Å²) in [6.07, 6.45) is -0.777. The average molecular weight is 260 g/mol. The molecule has 1 unspecified atom stereocenters. The summed E-state index contributed by atoms with van der Waals surface area (Å²) in [6.45, 7) is 4.27. The highest BCUT2D eigenvalue weighted by Crippen LogP contribution is 2.27. The fourth-order valence-corrected chi connectivity index (χ4v) is 2.07. The van der Waals surface area contributed by atoms with Crippen molar-refractivity contribution < 1.29 is 14.2 Å². The Morgan fingerprint density at radius 2 is 2.00 bits per heavy atom. The lowest BCUT2D eigenvalue weighted by atomic mass is 9.97. The maximum atomic E-state index is 13.1. The van der Waals surface area contributed by atoms with E-state index in [1.54, 1.807) is 19.1 Å². The van der Waals surface area contributed by atoms with Gasteiger partial charge in [0.2, 0.25) is 0 Å². The Labute approximate surface area is 112 Å². The zero-order valence-corrected chi connectivity index (χ0v) is 11.1. The molecule has 1 atom stereocenters. The van der Waals surface area contributed by atoms with E-state index in [0.29, 0.717) is 12.2 Å². The van der Waals surface area contributed by atoms with E-state index >= 15 is 0 Å². The second-order valence-electron chi connectivity index (χ2n) is 4.41.